The van der Waals surface area contributed by atoms with Crippen LogP contribution in [0.5, 0.6) is 0 Å². The second-order valence-electron chi connectivity index (χ2n) is 7.49. The van der Waals surface area contributed by atoms with E-state index in [0.717, 1.165) is 30.7 Å². The number of carbonyl (C=O) groups is 1. The smallest absolute Gasteiger partial charge is 0.258 e. The minimum Gasteiger partial charge on any atom is -0.319 e. The quantitative estimate of drug-likeness (QED) is 0.683. The van der Waals surface area contributed by atoms with Gasteiger partial charge in [-0.15, -0.1) is 0 Å². The van der Waals surface area contributed by atoms with E-state index in [1.807, 2.05) is 13.8 Å². The average Bonchev–Trinajstić information content (AvgIpc) is 2.63. The molecule has 1 amide bonds. The van der Waals surface area contributed by atoms with Crippen molar-refractivity contribution in [3.63, 3.8) is 0 Å². The van der Waals surface area contributed by atoms with E-state index in [-0.39, 0.29) is 22.4 Å². The van der Waals surface area contributed by atoms with Gasteiger partial charge < -0.3 is 5.32 Å². The molecule has 1 fully saturated rings. The minimum atomic E-state index is -3.88. The molecule has 156 valence electrons. The summed E-state index contributed by atoms with van der Waals surface area (Å²) in [7, 11) is -3.88. The number of amides is 1. The second kappa shape index (κ2) is 8.49. The molecule has 0 spiro atoms. The molecule has 0 bridgehead atoms. The Morgan fingerprint density at radius 1 is 1.07 bits per heavy atom. The van der Waals surface area contributed by atoms with Crippen molar-refractivity contribution >= 4 is 37.5 Å². The Bertz CT molecular complexity index is 1040. The van der Waals surface area contributed by atoms with Gasteiger partial charge in [-0.3, -0.25) is 4.79 Å². The van der Waals surface area contributed by atoms with E-state index in [4.69, 9.17) is 0 Å². The summed E-state index contributed by atoms with van der Waals surface area (Å²) in [6.07, 6.45) is 0.932. The van der Waals surface area contributed by atoms with Gasteiger partial charge in [0, 0.05) is 17.6 Å². The predicted molar refractivity (Wildman–Crippen MR) is 110 cm³/mol. The monoisotopic (exact) mass is 486 g/mol. The number of halogens is 3. The zero-order chi connectivity index (χ0) is 21.3. The van der Waals surface area contributed by atoms with E-state index in [0.29, 0.717) is 17.6 Å². The van der Waals surface area contributed by atoms with Crippen LogP contribution in [0, 0.1) is 23.5 Å². The van der Waals surface area contributed by atoms with Gasteiger partial charge in [0.1, 0.15) is 11.6 Å². The van der Waals surface area contributed by atoms with Crippen LogP contribution in [0.1, 0.15) is 30.6 Å². The maximum atomic E-state index is 14.3. The summed E-state index contributed by atoms with van der Waals surface area (Å²) in [4.78, 5) is 12.3. The standard InChI is InChI=1S/C20H21BrF2N2O3S/c1-12-7-13(2)11-25(10-12)29(27,28)15-4-5-17(22)16(9-15)20(26)24-19-6-3-14(21)8-18(19)23/h3-6,8-9,12-13H,7,10-11H2,1-2H3,(H,24,26)/t12-,13-/m1/s1. The zero-order valence-electron chi connectivity index (χ0n) is 16.0. The highest BCUT2D eigenvalue weighted by Gasteiger charge is 2.32. The number of hydrogen-bond donors (Lipinski definition) is 1. The van der Waals surface area contributed by atoms with Crippen LogP contribution < -0.4 is 5.32 Å². The molecule has 0 aliphatic carbocycles. The van der Waals surface area contributed by atoms with Crippen molar-refractivity contribution in [2.75, 3.05) is 18.4 Å². The predicted octanol–water partition coefficient (Wildman–Crippen LogP) is 4.65. The molecule has 2 atom stereocenters. The fraction of sp³-hybridized carbons (Fsp3) is 0.350. The molecule has 1 N–H and O–H groups in total. The van der Waals surface area contributed by atoms with Crippen molar-refractivity contribution in [3.8, 4) is 0 Å². The first-order valence-electron chi connectivity index (χ1n) is 9.14. The molecular formula is C20H21BrF2N2O3S. The number of carbonyl (C=O) groups excluding carboxylic acids is 1. The summed E-state index contributed by atoms with van der Waals surface area (Å²) >= 11 is 3.11. The fourth-order valence-electron chi connectivity index (χ4n) is 3.57. The maximum absolute atomic E-state index is 14.3. The number of benzene rings is 2. The van der Waals surface area contributed by atoms with Crippen molar-refractivity contribution in [3.05, 3.63) is 58.1 Å². The van der Waals surface area contributed by atoms with Crippen LogP contribution >= 0.6 is 15.9 Å². The Hall–Kier alpha value is -1.84. The Kier molecular flexibility index (Phi) is 6.40. The molecule has 0 aromatic heterocycles. The molecule has 0 unspecified atom stereocenters. The highest BCUT2D eigenvalue weighted by Crippen LogP contribution is 2.28. The molecule has 1 aliphatic rings. The van der Waals surface area contributed by atoms with E-state index in [1.165, 1.54) is 16.4 Å². The first kappa shape index (κ1) is 21.9. The molecule has 0 radical (unpaired) electrons. The number of piperidine rings is 1. The minimum absolute atomic E-state index is 0.135. The van der Waals surface area contributed by atoms with Crippen LogP contribution in [0.2, 0.25) is 0 Å². The van der Waals surface area contributed by atoms with Crippen LogP contribution in [0.4, 0.5) is 14.5 Å². The van der Waals surface area contributed by atoms with Crippen molar-refractivity contribution in [1.29, 1.82) is 0 Å². The topological polar surface area (TPSA) is 66.5 Å². The van der Waals surface area contributed by atoms with Crippen LogP contribution in [0.25, 0.3) is 0 Å². The van der Waals surface area contributed by atoms with Gasteiger partial charge in [0.15, 0.2) is 0 Å². The summed E-state index contributed by atoms with van der Waals surface area (Å²) in [6.45, 7) is 4.70. The number of hydrogen-bond acceptors (Lipinski definition) is 3. The summed E-state index contributed by atoms with van der Waals surface area (Å²) in [5.41, 5.74) is -0.601. The summed E-state index contributed by atoms with van der Waals surface area (Å²) in [5.74, 6) is -2.11. The number of nitrogens with zero attached hydrogens (tertiary/aromatic N) is 1. The van der Waals surface area contributed by atoms with Crippen LogP contribution in [0.3, 0.4) is 0 Å². The lowest BCUT2D eigenvalue weighted by Gasteiger charge is -2.34. The molecule has 2 aromatic rings. The Morgan fingerprint density at radius 2 is 1.72 bits per heavy atom. The summed E-state index contributed by atoms with van der Waals surface area (Å²) in [5, 5.41) is 2.28. The van der Waals surface area contributed by atoms with E-state index < -0.39 is 33.1 Å². The van der Waals surface area contributed by atoms with Gasteiger partial charge in [-0.2, -0.15) is 4.31 Å². The third kappa shape index (κ3) is 4.84. The molecule has 5 nitrogen and oxygen atoms in total. The van der Waals surface area contributed by atoms with Crippen molar-refractivity contribution in [2.24, 2.45) is 11.8 Å². The van der Waals surface area contributed by atoms with Crippen LogP contribution in [0.15, 0.2) is 45.8 Å². The number of rotatable bonds is 4. The molecule has 0 saturated carbocycles. The molecule has 29 heavy (non-hydrogen) atoms. The number of sulfonamides is 1. The SMILES string of the molecule is C[C@@H]1C[C@@H](C)CN(S(=O)(=O)c2ccc(F)c(C(=O)Nc3ccc(Br)cc3F)c2)C1. The van der Waals surface area contributed by atoms with Crippen molar-refractivity contribution in [2.45, 2.75) is 25.2 Å². The van der Waals surface area contributed by atoms with Gasteiger partial charge in [0.2, 0.25) is 10.0 Å². The van der Waals surface area contributed by atoms with Crippen molar-refractivity contribution < 1.29 is 22.0 Å². The lowest BCUT2D eigenvalue weighted by atomic mass is 9.94. The van der Waals surface area contributed by atoms with Gasteiger partial charge in [0.05, 0.1) is 16.1 Å². The first-order valence-corrected chi connectivity index (χ1v) is 11.4. The van der Waals surface area contributed by atoms with E-state index in [1.54, 1.807) is 0 Å². The van der Waals surface area contributed by atoms with Gasteiger partial charge in [-0.25, -0.2) is 17.2 Å². The van der Waals surface area contributed by atoms with Gasteiger partial charge >= 0.3 is 0 Å². The Labute approximate surface area is 177 Å². The molecule has 2 aromatic carbocycles. The maximum Gasteiger partial charge on any atom is 0.258 e. The van der Waals surface area contributed by atoms with Gasteiger partial charge in [0.25, 0.3) is 5.91 Å². The zero-order valence-corrected chi connectivity index (χ0v) is 18.4. The lowest BCUT2D eigenvalue weighted by molar-refractivity contribution is 0.102. The molecule has 1 saturated heterocycles. The Morgan fingerprint density at radius 3 is 2.34 bits per heavy atom. The first-order chi connectivity index (χ1) is 13.6. The third-order valence-electron chi connectivity index (χ3n) is 4.83. The second-order valence-corrected chi connectivity index (χ2v) is 10.3. The van der Waals surface area contributed by atoms with Crippen molar-refractivity contribution in [1.82, 2.24) is 4.31 Å². The van der Waals surface area contributed by atoms with E-state index >= 15 is 0 Å². The molecular weight excluding hydrogens is 466 g/mol. The largest absolute Gasteiger partial charge is 0.319 e. The molecule has 3 rings (SSSR count). The molecule has 1 aliphatic heterocycles. The van der Waals surface area contributed by atoms with E-state index in [9.17, 15) is 22.0 Å². The third-order valence-corrected chi connectivity index (χ3v) is 7.16. The highest BCUT2D eigenvalue weighted by atomic mass is 79.9. The van der Waals surface area contributed by atoms with Gasteiger partial charge in [-0.05, 0) is 54.7 Å². The fourth-order valence-corrected chi connectivity index (χ4v) is 5.61. The number of nitrogens with one attached hydrogen (secondary N) is 1. The number of anilines is 1. The summed E-state index contributed by atoms with van der Waals surface area (Å²) < 4.78 is 56.1. The average molecular weight is 487 g/mol. The van der Waals surface area contributed by atoms with Crippen LogP contribution in [-0.2, 0) is 10.0 Å². The van der Waals surface area contributed by atoms with E-state index in [2.05, 4.69) is 21.2 Å². The van der Waals surface area contributed by atoms with Crippen LogP contribution in [-0.4, -0.2) is 31.7 Å². The Balaban J connectivity index is 1.90. The molecule has 1 heterocycles. The summed E-state index contributed by atoms with van der Waals surface area (Å²) in [6, 6.07) is 7.09. The normalized spacial score (nSPS) is 20.4. The lowest BCUT2D eigenvalue weighted by Crippen LogP contribution is -2.42. The highest BCUT2D eigenvalue weighted by molar-refractivity contribution is 9.10. The molecule has 9 heteroatoms. The van der Waals surface area contributed by atoms with Gasteiger partial charge in [-0.1, -0.05) is 29.8 Å².